The molecule has 1 aromatic rings. The Kier molecular flexibility index (Phi) is 3.75. The van der Waals surface area contributed by atoms with Gasteiger partial charge in [0.1, 0.15) is 17.9 Å². The molecular formula is C12H20NO3+. The maximum Gasteiger partial charge on any atom is 0.341 e. The van der Waals surface area contributed by atoms with Gasteiger partial charge in [-0.15, -0.1) is 0 Å². The minimum absolute atomic E-state index is 0.116. The van der Waals surface area contributed by atoms with Crippen LogP contribution in [0.15, 0.2) is 10.5 Å². The number of carbonyl (C=O) groups excluding carboxylic acids is 1. The molecule has 4 heteroatoms. The van der Waals surface area contributed by atoms with Crippen molar-refractivity contribution in [3.05, 3.63) is 23.2 Å². The van der Waals surface area contributed by atoms with Crippen molar-refractivity contribution in [2.45, 2.75) is 39.7 Å². The summed E-state index contributed by atoms with van der Waals surface area (Å²) in [7, 11) is 0. The van der Waals surface area contributed by atoms with Crippen molar-refractivity contribution in [1.82, 2.24) is 0 Å². The Morgan fingerprint density at radius 1 is 1.50 bits per heavy atom. The minimum atomic E-state index is -0.333. The molecule has 0 aromatic carbocycles. The van der Waals surface area contributed by atoms with E-state index in [4.69, 9.17) is 9.15 Å². The highest BCUT2D eigenvalue weighted by atomic mass is 16.5. The second-order valence-corrected chi connectivity index (χ2v) is 4.67. The van der Waals surface area contributed by atoms with Gasteiger partial charge < -0.3 is 14.9 Å². The third kappa shape index (κ3) is 2.64. The molecular weight excluding hydrogens is 206 g/mol. The third-order valence-corrected chi connectivity index (χ3v) is 2.27. The summed E-state index contributed by atoms with van der Waals surface area (Å²) in [5.74, 6) is 1.05. The van der Waals surface area contributed by atoms with Gasteiger partial charge in [0.05, 0.1) is 6.61 Å². The highest BCUT2D eigenvalue weighted by molar-refractivity contribution is 5.90. The fraction of sp³-hybridized carbons (Fsp3) is 0.583. The Morgan fingerprint density at radius 2 is 2.12 bits per heavy atom. The van der Waals surface area contributed by atoms with Crippen molar-refractivity contribution in [1.29, 1.82) is 0 Å². The Balaban J connectivity index is 3.09. The van der Waals surface area contributed by atoms with E-state index in [9.17, 15) is 4.79 Å². The molecule has 1 rings (SSSR count). The monoisotopic (exact) mass is 226 g/mol. The van der Waals surface area contributed by atoms with Crippen LogP contribution in [0.1, 0.15) is 49.6 Å². The first-order valence-corrected chi connectivity index (χ1v) is 5.49. The molecule has 0 saturated heterocycles. The van der Waals surface area contributed by atoms with E-state index in [0.29, 0.717) is 24.5 Å². The van der Waals surface area contributed by atoms with Crippen LogP contribution < -0.4 is 5.73 Å². The van der Waals surface area contributed by atoms with Crippen LogP contribution in [0.25, 0.3) is 0 Å². The van der Waals surface area contributed by atoms with Crippen molar-refractivity contribution < 1.29 is 19.7 Å². The van der Waals surface area contributed by atoms with E-state index in [1.807, 2.05) is 20.8 Å². The predicted octanol–water partition coefficient (Wildman–Crippen LogP) is 1.50. The third-order valence-electron chi connectivity index (χ3n) is 2.27. The van der Waals surface area contributed by atoms with Crippen molar-refractivity contribution in [3.8, 4) is 0 Å². The molecule has 0 amide bonds. The summed E-state index contributed by atoms with van der Waals surface area (Å²) >= 11 is 0. The Bertz CT molecular complexity index is 374. The summed E-state index contributed by atoms with van der Waals surface area (Å²) in [6.45, 7) is 8.71. The van der Waals surface area contributed by atoms with Crippen LogP contribution in [0.5, 0.6) is 0 Å². The van der Waals surface area contributed by atoms with E-state index in [-0.39, 0.29) is 11.4 Å². The molecule has 0 aliphatic heterocycles. The molecule has 1 aromatic heterocycles. The van der Waals surface area contributed by atoms with Crippen LogP contribution >= 0.6 is 0 Å². The number of furan rings is 1. The SMILES string of the molecule is CCOC(=O)c1cc(C(C)(C)C)oc1C[NH3+]. The van der Waals surface area contributed by atoms with Gasteiger partial charge in [0.2, 0.25) is 0 Å². The first-order valence-electron chi connectivity index (χ1n) is 5.49. The van der Waals surface area contributed by atoms with Crippen LogP contribution in [0.2, 0.25) is 0 Å². The summed E-state index contributed by atoms with van der Waals surface area (Å²) < 4.78 is 10.6. The van der Waals surface area contributed by atoms with E-state index >= 15 is 0 Å². The van der Waals surface area contributed by atoms with Crippen LogP contribution in [0.3, 0.4) is 0 Å². The highest BCUT2D eigenvalue weighted by Gasteiger charge is 2.25. The topological polar surface area (TPSA) is 67.1 Å². The maximum absolute atomic E-state index is 11.7. The van der Waals surface area contributed by atoms with Crippen molar-refractivity contribution in [2.75, 3.05) is 6.61 Å². The van der Waals surface area contributed by atoms with Gasteiger partial charge in [-0.3, -0.25) is 0 Å². The summed E-state index contributed by atoms with van der Waals surface area (Å²) in [4.78, 5) is 11.7. The first kappa shape index (κ1) is 12.8. The summed E-state index contributed by atoms with van der Waals surface area (Å²) in [6, 6.07) is 1.76. The molecule has 4 nitrogen and oxygen atoms in total. The lowest BCUT2D eigenvalue weighted by atomic mass is 9.93. The lowest BCUT2D eigenvalue weighted by Gasteiger charge is -2.13. The summed E-state index contributed by atoms with van der Waals surface area (Å²) in [6.07, 6.45) is 0. The number of quaternary nitrogens is 1. The molecule has 0 spiro atoms. The normalized spacial score (nSPS) is 11.6. The fourth-order valence-electron chi connectivity index (χ4n) is 1.37. The molecule has 0 unspecified atom stereocenters. The van der Waals surface area contributed by atoms with Crippen molar-refractivity contribution >= 4 is 5.97 Å². The van der Waals surface area contributed by atoms with Crippen molar-refractivity contribution in [3.63, 3.8) is 0 Å². The van der Waals surface area contributed by atoms with E-state index in [0.717, 1.165) is 5.76 Å². The smallest absolute Gasteiger partial charge is 0.341 e. The standard InChI is InChI=1S/C12H19NO3/c1-5-15-11(14)8-6-10(12(2,3)4)16-9(8)7-13/h6H,5,7,13H2,1-4H3/p+1. The van der Waals surface area contributed by atoms with Gasteiger partial charge in [-0.25, -0.2) is 4.79 Å². The van der Waals surface area contributed by atoms with Gasteiger partial charge in [0.15, 0.2) is 5.76 Å². The molecule has 0 aliphatic carbocycles. The fourth-order valence-corrected chi connectivity index (χ4v) is 1.37. The van der Waals surface area contributed by atoms with Crippen LogP contribution in [-0.2, 0) is 16.7 Å². The average Bonchev–Trinajstić information content (AvgIpc) is 2.61. The zero-order chi connectivity index (χ0) is 12.3. The van der Waals surface area contributed by atoms with E-state index in [1.165, 1.54) is 0 Å². The Labute approximate surface area is 95.8 Å². The zero-order valence-electron chi connectivity index (χ0n) is 10.4. The lowest BCUT2D eigenvalue weighted by Crippen LogP contribution is -2.47. The molecule has 0 saturated carbocycles. The molecule has 0 radical (unpaired) electrons. The molecule has 0 fully saturated rings. The van der Waals surface area contributed by atoms with E-state index in [2.05, 4.69) is 5.73 Å². The van der Waals surface area contributed by atoms with Crippen LogP contribution in [-0.4, -0.2) is 12.6 Å². The largest absolute Gasteiger partial charge is 0.462 e. The van der Waals surface area contributed by atoms with E-state index < -0.39 is 0 Å². The summed E-state index contributed by atoms with van der Waals surface area (Å²) in [5, 5.41) is 0. The number of esters is 1. The number of rotatable bonds is 3. The first-order chi connectivity index (χ1) is 7.40. The average molecular weight is 226 g/mol. The molecule has 90 valence electrons. The van der Waals surface area contributed by atoms with Gasteiger partial charge >= 0.3 is 5.97 Å². The Morgan fingerprint density at radius 3 is 2.56 bits per heavy atom. The summed E-state index contributed by atoms with van der Waals surface area (Å²) in [5.41, 5.74) is 4.14. The van der Waals surface area contributed by atoms with E-state index in [1.54, 1.807) is 13.0 Å². The highest BCUT2D eigenvalue weighted by Crippen LogP contribution is 2.27. The van der Waals surface area contributed by atoms with Gasteiger partial charge in [0, 0.05) is 5.41 Å². The van der Waals surface area contributed by atoms with Crippen molar-refractivity contribution in [2.24, 2.45) is 0 Å². The lowest BCUT2D eigenvalue weighted by molar-refractivity contribution is -0.390. The number of hydrogen-bond donors (Lipinski definition) is 1. The zero-order valence-corrected chi connectivity index (χ0v) is 10.4. The second-order valence-electron chi connectivity index (χ2n) is 4.67. The van der Waals surface area contributed by atoms with Gasteiger partial charge in [-0.1, -0.05) is 20.8 Å². The molecule has 16 heavy (non-hydrogen) atoms. The quantitative estimate of drug-likeness (QED) is 0.794. The van der Waals surface area contributed by atoms with Gasteiger partial charge in [-0.05, 0) is 13.0 Å². The van der Waals surface area contributed by atoms with Gasteiger partial charge in [0.25, 0.3) is 0 Å². The van der Waals surface area contributed by atoms with Crippen LogP contribution in [0, 0.1) is 0 Å². The molecule has 1 heterocycles. The van der Waals surface area contributed by atoms with Crippen LogP contribution in [0.4, 0.5) is 0 Å². The number of carbonyl (C=O) groups is 1. The number of hydrogen-bond acceptors (Lipinski definition) is 3. The van der Waals surface area contributed by atoms with Gasteiger partial charge in [-0.2, -0.15) is 0 Å². The predicted molar refractivity (Wildman–Crippen MR) is 60.0 cm³/mol. The molecule has 0 aliphatic rings. The molecule has 0 bridgehead atoms. The molecule has 3 N–H and O–H groups in total. The minimum Gasteiger partial charge on any atom is -0.462 e. The molecule has 0 atom stereocenters. The maximum atomic E-state index is 11.7. The second kappa shape index (κ2) is 4.70. The Hall–Kier alpha value is -1.29. The number of ether oxygens (including phenoxy) is 1.